The molecular formula is C28H35F5O5. The Morgan fingerprint density at radius 2 is 1.34 bits per heavy atom. The van der Waals surface area contributed by atoms with Crippen molar-refractivity contribution >= 4 is 22.7 Å². The molecule has 0 fully saturated rings. The van der Waals surface area contributed by atoms with Gasteiger partial charge >= 0.3 is 24.0 Å². The molecule has 0 aromatic heterocycles. The molecule has 0 aliphatic rings. The molecule has 0 spiro atoms. The molecule has 0 bridgehead atoms. The smallest absolute Gasteiger partial charge is 0.456 e. The number of carbonyl (C=O) groups excluding carboxylic acids is 2. The summed E-state index contributed by atoms with van der Waals surface area (Å²) < 4.78 is 77.3. The van der Waals surface area contributed by atoms with Crippen LogP contribution in [0.4, 0.5) is 22.0 Å². The third-order valence-corrected chi connectivity index (χ3v) is 7.07. The van der Waals surface area contributed by atoms with E-state index in [0.717, 1.165) is 6.42 Å². The van der Waals surface area contributed by atoms with Gasteiger partial charge in [-0.15, -0.1) is 0 Å². The minimum absolute atomic E-state index is 0.0630. The Morgan fingerprint density at radius 1 is 0.816 bits per heavy atom. The first kappa shape index (κ1) is 31.3. The number of benzene rings is 2. The van der Waals surface area contributed by atoms with Gasteiger partial charge in [-0.3, -0.25) is 4.79 Å². The van der Waals surface area contributed by atoms with E-state index in [-0.39, 0.29) is 22.5 Å². The SMILES string of the molecule is CCC(C)(C)CC(C)(C(=O)Oc1ccc2cc(OCC(=O)OCC(F)(F)C(F)(F)F)ccc2c1)C(C)(C)C. The second kappa shape index (κ2) is 11.1. The van der Waals surface area contributed by atoms with Crippen LogP contribution in [0, 0.1) is 16.2 Å². The van der Waals surface area contributed by atoms with Crippen LogP contribution >= 0.6 is 0 Å². The summed E-state index contributed by atoms with van der Waals surface area (Å²) in [7, 11) is 0. The van der Waals surface area contributed by atoms with Crippen molar-refractivity contribution in [2.45, 2.75) is 73.4 Å². The maximum Gasteiger partial charge on any atom is 0.456 e. The van der Waals surface area contributed by atoms with Crippen molar-refractivity contribution in [3.8, 4) is 11.5 Å². The fourth-order valence-electron chi connectivity index (χ4n) is 3.74. The van der Waals surface area contributed by atoms with Gasteiger partial charge in [0.15, 0.2) is 13.2 Å². The van der Waals surface area contributed by atoms with Crippen molar-refractivity contribution in [3.63, 3.8) is 0 Å². The van der Waals surface area contributed by atoms with Crippen LogP contribution in [-0.4, -0.2) is 37.3 Å². The molecule has 0 N–H and O–H groups in total. The summed E-state index contributed by atoms with van der Waals surface area (Å²) in [5, 5.41) is 1.35. The molecular weight excluding hydrogens is 511 g/mol. The van der Waals surface area contributed by atoms with E-state index in [2.05, 4.69) is 25.5 Å². The highest BCUT2D eigenvalue weighted by atomic mass is 19.4. The van der Waals surface area contributed by atoms with E-state index in [0.29, 0.717) is 22.9 Å². The Morgan fingerprint density at radius 3 is 1.84 bits per heavy atom. The molecule has 212 valence electrons. The van der Waals surface area contributed by atoms with Crippen LogP contribution in [0.15, 0.2) is 36.4 Å². The van der Waals surface area contributed by atoms with Crippen LogP contribution in [0.3, 0.4) is 0 Å². The van der Waals surface area contributed by atoms with Gasteiger partial charge in [-0.2, -0.15) is 22.0 Å². The van der Waals surface area contributed by atoms with Crippen molar-refractivity contribution in [1.82, 2.24) is 0 Å². The molecule has 1 atom stereocenters. The van der Waals surface area contributed by atoms with Crippen LogP contribution in [-0.2, 0) is 14.3 Å². The normalized spacial score (nSPS) is 14.6. The van der Waals surface area contributed by atoms with Gasteiger partial charge in [-0.25, -0.2) is 4.79 Å². The van der Waals surface area contributed by atoms with Gasteiger partial charge in [0.2, 0.25) is 0 Å². The lowest BCUT2D eigenvalue weighted by Crippen LogP contribution is -2.45. The topological polar surface area (TPSA) is 61.8 Å². The minimum atomic E-state index is -5.82. The second-order valence-corrected chi connectivity index (χ2v) is 11.5. The number of hydrogen-bond acceptors (Lipinski definition) is 5. The molecule has 0 aliphatic heterocycles. The van der Waals surface area contributed by atoms with Gasteiger partial charge in [0.25, 0.3) is 0 Å². The first-order chi connectivity index (χ1) is 17.2. The van der Waals surface area contributed by atoms with Gasteiger partial charge in [0.05, 0.1) is 5.41 Å². The lowest BCUT2D eigenvalue weighted by Gasteiger charge is -2.44. The van der Waals surface area contributed by atoms with Crippen LogP contribution < -0.4 is 9.47 Å². The van der Waals surface area contributed by atoms with E-state index in [1.165, 1.54) is 6.07 Å². The quantitative estimate of drug-likeness (QED) is 0.173. The molecule has 2 aromatic rings. The fourth-order valence-corrected chi connectivity index (χ4v) is 3.74. The summed E-state index contributed by atoms with van der Waals surface area (Å²) in [6.07, 6.45) is -4.27. The largest absolute Gasteiger partial charge is 0.482 e. The van der Waals surface area contributed by atoms with Crippen molar-refractivity contribution in [2.24, 2.45) is 16.2 Å². The Bertz CT molecular complexity index is 1150. The average Bonchev–Trinajstić information content (AvgIpc) is 2.79. The Labute approximate surface area is 219 Å². The van der Waals surface area contributed by atoms with Crippen molar-refractivity contribution in [2.75, 3.05) is 13.2 Å². The lowest BCUT2D eigenvalue weighted by atomic mass is 9.60. The molecule has 38 heavy (non-hydrogen) atoms. The predicted molar refractivity (Wildman–Crippen MR) is 133 cm³/mol. The molecule has 0 radical (unpaired) electrons. The molecule has 0 saturated heterocycles. The number of hydrogen-bond donors (Lipinski definition) is 0. The molecule has 5 nitrogen and oxygen atoms in total. The van der Waals surface area contributed by atoms with Gasteiger partial charge in [-0.05, 0) is 59.2 Å². The number of carbonyl (C=O) groups is 2. The Hall–Kier alpha value is -2.91. The first-order valence-corrected chi connectivity index (χ1v) is 12.2. The first-order valence-electron chi connectivity index (χ1n) is 12.2. The lowest BCUT2D eigenvalue weighted by molar-refractivity contribution is -0.294. The highest BCUT2D eigenvalue weighted by Crippen LogP contribution is 2.48. The summed E-state index contributed by atoms with van der Waals surface area (Å²) in [6, 6.07) is 9.63. The molecule has 2 aromatic carbocycles. The molecule has 0 aliphatic carbocycles. The van der Waals surface area contributed by atoms with Crippen LogP contribution in [0.1, 0.15) is 61.3 Å². The third kappa shape index (κ3) is 7.57. The van der Waals surface area contributed by atoms with Gasteiger partial charge in [-0.1, -0.05) is 60.1 Å². The molecule has 1 unspecified atom stereocenters. The summed E-state index contributed by atoms with van der Waals surface area (Å²) in [5.74, 6) is -6.33. The van der Waals surface area contributed by atoms with Gasteiger partial charge in [0, 0.05) is 0 Å². The molecule has 0 saturated carbocycles. The number of alkyl halides is 5. The monoisotopic (exact) mass is 546 g/mol. The Kier molecular flexibility index (Phi) is 9.11. The zero-order valence-corrected chi connectivity index (χ0v) is 22.7. The molecule has 2 rings (SSSR count). The minimum Gasteiger partial charge on any atom is -0.482 e. The van der Waals surface area contributed by atoms with Gasteiger partial charge in [0.1, 0.15) is 11.5 Å². The maximum atomic E-state index is 13.4. The van der Waals surface area contributed by atoms with Crippen LogP contribution in [0.5, 0.6) is 11.5 Å². The number of ether oxygens (including phenoxy) is 3. The van der Waals surface area contributed by atoms with E-state index < -0.39 is 36.7 Å². The number of esters is 2. The molecule has 0 heterocycles. The van der Waals surface area contributed by atoms with E-state index in [1.807, 2.05) is 27.7 Å². The molecule has 10 heteroatoms. The predicted octanol–water partition coefficient (Wildman–Crippen LogP) is 7.74. The van der Waals surface area contributed by atoms with E-state index in [9.17, 15) is 31.5 Å². The van der Waals surface area contributed by atoms with Gasteiger partial charge < -0.3 is 14.2 Å². The van der Waals surface area contributed by atoms with Crippen LogP contribution in [0.2, 0.25) is 0 Å². The summed E-state index contributed by atoms with van der Waals surface area (Å²) >= 11 is 0. The van der Waals surface area contributed by atoms with Crippen molar-refractivity contribution < 1.29 is 45.8 Å². The van der Waals surface area contributed by atoms with Crippen molar-refractivity contribution in [3.05, 3.63) is 36.4 Å². The van der Waals surface area contributed by atoms with E-state index in [1.54, 1.807) is 30.3 Å². The standard InChI is InChI=1S/C28H35F5O5/c1-8-25(5,6)16-26(7,24(2,3)4)23(35)38-21-12-10-18-13-20(11-9-19(18)14-21)36-15-22(34)37-17-27(29,30)28(31,32)33/h9-14H,8,15-17H2,1-7H3. The van der Waals surface area contributed by atoms with E-state index >= 15 is 0 Å². The summed E-state index contributed by atoms with van der Waals surface area (Å²) in [4.78, 5) is 25.0. The third-order valence-electron chi connectivity index (χ3n) is 7.07. The number of rotatable bonds is 10. The summed E-state index contributed by atoms with van der Waals surface area (Å²) in [5.41, 5.74) is -1.17. The second-order valence-electron chi connectivity index (χ2n) is 11.5. The number of halogens is 5. The number of fused-ring (bicyclic) bond motifs is 1. The maximum absolute atomic E-state index is 13.4. The Balaban J connectivity index is 2.10. The average molecular weight is 547 g/mol. The fraction of sp³-hybridized carbons (Fsp3) is 0.571. The zero-order valence-electron chi connectivity index (χ0n) is 22.7. The summed E-state index contributed by atoms with van der Waals surface area (Å²) in [6.45, 7) is 11.3. The highest BCUT2D eigenvalue weighted by Gasteiger charge is 2.58. The van der Waals surface area contributed by atoms with Crippen LogP contribution in [0.25, 0.3) is 10.8 Å². The zero-order chi connectivity index (χ0) is 29.2. The highest BCUT2D eigenvalue weighted by molar-refractivity contribution is 5.87. The molecule has 0 amide bonds. The van der Waals surface area contributed by atoms with E-state index in [4.69, 9.17) is 9.47 Å². The van der Waals surface area contributed by atoms with Crippen molar-refractivity contribution in [1.29, 1.82) is 0 Å².